The van der Waals surface area contributed by atoms with Crippen molar-refractivity contribution in [2.45, 2.75) is 38.2 Å². The van der Waals surface area contributed by atoms with E-state index in [2.05, 4.69) is 15.0 Å². The Balaban J connectivity index is 1.75. The number of fused-ring (bicyclic) bond motifs is 1. The minimum absolute atomic E-state index is 0.141. The molecule has 0 atom stereocenters. The maximum atomic E-state index is 13.2. The highest BCUT2D eigenvalue weighted by molar-refractivity contribution is 5.83. The normalized spacial score (nSPS) is 15.4. The van der Waals surface area contributed by atoms with Crippen molar-refractivity contribution in [3.05, 3.63) is 42.2 Å². The zero-order valence-electron chi connectivity index (χ0n) is 13.8. The Morgan fingerprint density at radius 3 is 2.44 bits per heavy atom. The number of nitrogens with two attached hydrogens (primary N) is 1. The van der Waals surface area contributed by atoms with Crippen molar-refractivity contribution in [1.29, 1.82) is 0 Å². The molecule has 0 bridgehead atoms. The Morgan fingerprint density at radius 1 is 0.920 bits per heavy atom. The molecule has 2 N–H and O–H groups in total. The number of hydrogen-bond acceptors (Lipinski definition) is 5. The average molecular weight is 338 g/mol. The van der Waals surface area contributed by atoms with Crippen LogP contribution in [-0.4, -0.2) is 21.1 Å². The molecule has 0 spiro atoms. The van der Waals surface area contributed by atoms with Gasteiger partial charge in [-0.05, 0) is 62.1 Å². The number of pyridine rings is 1. The van der Waals surface area contributed by atoms with Crippen molar-refractivity contribution in [2.24, 2.45) is 0 Å². The molecule has 0 radical (unpaired) electrons. The molecule has 4 rings (SSSR count). The molecule has 5 nitrogen and oxygen atoms in total. The van der Waals surface area contributed by atoms with Gasteiger partial charge in [-0.15, -0.1) is 0 Å². The van der Waals surface area contributed by atoms with Crippen LogP contribution in [-0.2, 0) is 0 Å². The molecule has 1 aliphatic carbocycles. The van der Waals surface area contributed by atoms with E-state index in [0.29, 0.717) is 16.9 Å². The van der Waals surface area contributed by atoms with Crippen molar-refractivity contribution in [3.8, 4) is 17.1 Å². The van der Waals surface area contributed by atoms with Crippen molar-refractivity contribution in [3.63, 3.8) is 0 Å². The van der Waals surface area contributed by atoms with E-state index >= 15 is 0 Å². The molecule has 1 saturated carbocycles. The summed E-state index contributed by atoms with van der Waals surface area (Å²) in [5.41, 5.74) is 8.59. The van der Waals surface area contributed by atoms with Crippen LogP contribution in [0.25, 0.3) is 22.3 Å². The van der Waals surface area contributed by atoms with Gasteiger partial charge in [0.05, 0.1) is 11.2 Å². The number of halogens is 1. The molecule has 1 aliphatic rings. The molecule has 2 aromatic heterocycles. The first-order valence-corrected chi connectivity index (χ1v) is 8.56. The number of anilines is 1. The van der Waals surface area contributed by atoms with Gasteiger partial charge in [0.15, 0.2) is 5.52 Å². The van der Waals surface area contributed by atoms with Gasteiger partial charge in [-0.25, -0.2) is 14.4 Å². The maximum absolute atomic E-state index is 13.2. The standard InChI is InChI=1S/C19H19FN4O/c20-13-8-6-12(7-9-13)15-10-11-16-17(22-15)18(24-19(21)23-16)25-14-4-2-1-3-5-14/h6-11,14H,1-5H2,(H2,21,23,24). The number of nitrogens with zero attached hydrogens (tertiary/aromatic N) is 3. The summed E-state index contributed by atoms with van der Waals surface area (Å²) in [5, 5.41) is 0. The molecule has 128 valence electrons. The molecule has 0 aliphatic heterocycles. The van der Waals surface area contributed by atoms with Crippen LogP contribution in [0.15, 0.2) is 36.4 Å². The van der Waals surface area contributed by atoms with E-state index in [1.807, 2.05) is 12.1 Å². The maximum Gasteiger partial charge on any atom is 0.245 e. The minimum atomic E-state index is -0.276. The van der Waals surface area contributed by atoms with Gasteiger partial charge >= 0.3 is 0 Å². The summed E-state index contributed by atoms with van der Waals surface area (Å²) in [6, 6.07) is 9.91. The Labute approximate surface area is 145 Å². The number of rotatable bonds is 3. The van der Waals surface area contributed by atoms with Crippen molar-refractivity contribution in [2.75, 3.05) is 5.73 Å². The lowest BCUT2D eigenvalue weighted by Crippen LogP contribution is -2.20. The number of hydrogen-bond donors (Lipinski definition) is 1. The number of benzene rings is 1. The fourth-order valence-corrected chi connectivity index (χ4v) is 3.21. The molecule has 1 fully saturated rings. The molecular weight excluding hydrogens is 319 g/mol. The summed E-state index contributed by atoms with van der Waals surface area (Å²) in [4.78, 5) is 13.2. The molecular formula is C19H19FN4O. The number of nitrogen functional groups attached to an aromatic ring is 1. The topological polar surface area (TPSA) is 73.9 Å². The molecule has 0 unspecified atom stereocenters. The first-order valence-electron chi connectivity index (χ1n) is 8.56. The SMILES string of the molecule is Nc1nc(OC2CCCCC2)c2nc(-c3ccc(F)cc3)ccc2n1. The third kappa shape index (κ3) is 3.38. The fraction of sp³-hybridized carbons (Fsp3) is 0.316. The van der Waals surface area contributed by atoms with Crippen LogP contribution in [0.4, 0.5) is 10.3 Å². The van der Waals surface area contributed by atoms with E-state index in [-0.39, 0.29) is 17.9 Å². The first kappa shape index (κ1) is 15.7. The monoisotopic (exact) mass is 338 g/mol. The fourth-order valence-electron chi connectivity index (χ4n) is 3.21. The lowest BCUT2D eigenvalue weighted by atomic mass is 9.98. The predicted octanol–water partition coefficient (Wildman–Crippen LogP) is 4.12. The van der Waals surface area contributed by atoms with E-state index in [0.717, 1.165) is 36.9 Å². The summed E-state index contributed by atoms with van der Waals surface area (Å²) >= 11 is 0. The Kier molecular flexibility index (Phi) is 4.17. The molecule has 3 aromatic rings. The summed E-state index contributed by atoms with van der Waals surface area (Å²) in [5.74, 6) is 0.329. The summed E-state index contributed by atoms with van der Waals surface area (Å²) in [6.07, 6.45) is 5.75. The van der Waals surface area contributed by atoms with Crippen LogP contribution >= 0.6 is 0 Å². The molecule has 6 heteroatoms. The van der Waals surface area contributed by atoms with E-state index in [4.69, 9.17) is 10.5 Å². The highest BCUT2D eigenvalue weighted by Crippen LogP contribution is 2.29. The molecule has 1 aromatic carbocycles. The van der Waals surface area contributed by atoms with Gasteiger partial charge in [0.1, 0.15) is 11.9 Å². The lowest BCUT2D eigenvalue weighted by molar-refractivity contribution is 0.150. The van der Waals surface area contributed by atoms with E-state index in [9.17, 15) is 4.39 Å². The third-order valence-corrected chi connectivity index (χ3v) is 4.50. The van der Waals surface area contributed by atoms with E-state index < -0.39 is 0 Å². The van der Waals surface area contributed by atoms with E-state index in [1.54, 1.807) is 12.1 Å². The predicted molar refractivity (Wildman–Crippen MR) is 94.6 cm³/mol. The molecule has 25 heavy (non-hydrogen) atoms. The number of aromatic nitrogens is 3. The smallest absolute Gasteiger partial charge is 0.245 e. The summed E-state index contributed by atoms with van der Waals surface area (Å²) in [6.45, 7) is 0. The first-order chi connectivity index (χ1) is 12.2. The Morgan fingerprint density at radius 2 is 1.68 bits per heavy atom. The molecule has 0 saturated heterocycles. The second-order valence-electron chi connectivity index (χ2n) is 6.34. The molecule has 0 amide bonds. The Hall–Kier alpha value is -2.76. The lowest BCUT2D eigenvalue weighted by Gasteiger charge is -2.22. The van der Waals surface area contributed by atoms with Gasteiger partial charge in [-0.3, -0.25) is 0 Å². The number of ether oxygens (including phenoxy) is 1. The Bertz CT molecular complexity index is 892. The summed E-state index contributed by atoms with van der Waals surface area (Å²) in [7, 11) is 0. The third-order valence-electron chi connectivity index (χ3n) is 4.50. The van der Waals surface area contributed by atoms with Crippen molar-refractivity contribution >= 4 is 17.0 Å². The highest BCUT2D eigenvalue weighted by Gasteiger charge is 2.19. The zero-order chi connectivity index (χ0) is 17.2. The van der Waals surface area contributed by atoms with Crippen LogP contribution in [0.5, 0.6) is 5.88 Å². The second-order valence-corrected chi connectivity index (χ2v) is 6.34. The van der Waals surface area contributed by atoms with Gasteiger partial charge in [0.25, 0.3) is 0 Å². The van der Waals surface area contributed by atoms with Gasteiger partial charge in [-0.1, -0.05) is 6.42 Å². The van der Waals surface area contributed by atoms with Crippen LogP contribution < -0.4 is 10.5 Å². The van der Waals surface area contributed by atoms with Crippen molar-refractivity contribution < 1.29 is 9.13 Å². The highest BCUT2D eigenvalue weighted by atomic mass is 19.1. The van der Waals surface area contributed by atoms with Gasteiger partial charge < -0.3 is 10.5 Å². The van der Waals surface area contributed by atoms with Crippen molar-refractivity contribution in [1.82, 2.24) is 15.0 Å². The minimum Gasteiger partial charge on any atom is -0.473 e. The quantitative estimate of drug-likeness (QED) is 0.777. The van der Waals surface area contributed by atoms with Gasteiger partial charge in [0, 0.05) is 5.56 Å². The van der Waals surface area contributed by atoms with Crippen LogP contribution in [0, 0.1) is 5.82 Å². The summed E-state index contributed by atoms with van der Waals surface area (Å²) < 4.78 is 19.3. The average Bonchev–Trinajstić information content (AvgIpc) is 2.63. The van der Waals surface area contributed by atoms with Crippen LogP contribution in [0.1, 0.15) is 32.1 Å². The van der Waals surface area contributed by atoms with Gasteiger partial charge in [-0.2, -0.15) is 4.98 Å². The van der Waals surface area contributed by atoms with E-state index in [1.165, 1.54) is 18.6 Å². The van der Waals surface area contributed by atoms with Crippen LogP contribution in [0.3, 0.4) is 0 Å². The second kappa shape index (κ2) is 6.63. The zero-order valence-corrected chi connectivity index (χ0v) is 13.8. The molecule has 2 heterocycles. The van der Waals surface area contributed by atoms with Crippen LogP contribution in [0.2, 0.25) is 0 Å². The largest absolute Gasteiger partial charge is 0.473 e. The van der Waals surface area contributed by atoms with Gasteiger partial charge in [0.2, 0.25) is 11.8 Å².